The van der Waals surface area contributed by atoms with Crippen molar-refractivity contribution < 1.29 is 14.6 Å². The number of nitrogens with zero attached hydrogens (tertiary/aromatic N) is 1. The molecule has 122 valence electrons. The number of rotatable bonds is 8. The summed E-state index contributed by atoms with van der Waals surface area (Å²) >= 11 is 0. The molecule has 22 heavy (non-hydrogen) atoms. The fraction of sp³-hybridized carbons (Fsp3) is 0.588. The molecule has 1 saturated carbocycles. The predicted molar refractivity (Wildman–Crippen MR) is 86.3 cm³/mol. The normalized spacial score (nSPS) is 20.7. The Balaban J connectivity index is 1.81. The van der Waals surface area contributed by atoms with Gasteiger partial charge in [0.1, 0.15) is 5.75 Å². The molecule has 1 aromatic rings. The van der Waals surface area contributed by atoms with Crippen LogP contribution in [0.2, 0.25) is 0 Å². The number of aryl methyl sites for hydroxylation is 1. The SMILES string of the molecule is CCN(CC(=O)O)C1CC(NCc2cc(C)ccc2OC)C1. The molecule has 5 heteroatoms. The largest absolute Gasteiger partial charge is 0.496 e. The molecule has 0 atom stereocenters. The molecule has 0 spiro atoms. The molecule has 2 rings (SSSR count). The van der Waals surface area contributed by atoms with Crippen molar-refractivity contribution in [2.24, 2.45) is 0 Å². The van der Waals surface area contributed by atoms with Crippen LogP contribution in [0.25, 0.3) is 0 Å². The highest BCUT2D eigenvalue weighted by atomic mass is 16.5. The molecule has 0 bridgehead atoms. The molecular weight excluding hydrogens is 280 g/mol. The second-order valence-electron chi connectivity index (χ2n) is 5.98. The molecule has 0 aromatic heterocycles. The summed E-state index contributed by atoms with van der Waals surface area (Å²) in [6.45, 7) is 5.80. The third-order valence-corrected chi connectivity index (χ3v) is 4.39. The van der Waals surface area contributed by atoms with Gasteiger partial charge in [-0.1, -0.05) is 24.6 Å². The maximum atomic E-state index is 10.8. The van der Waals surface area contributed by atoms with Crippen molar-refractivity contribution in [3.63, 3.8) is 0 Å². The Morgan fingerprint density at radius 3 is 2.77 bits per heavy atom. The van der Waals surface area contributed by atoms with Crippen molar-refractivity contribution in [2.75, 3.05) is 20.2 Å². The molecular formula is C17H26N2O3. The smallest absolute Gasteiger partial charge is 0.317 e. The summed E-state index contributed by atoms with van der Waals surface area (Å²) in [4.78, 5) is 12.9. The number of hydrogen-bond donors (Lipinski definition) is 2. The Morgan fingerprint density at radius 2 is 2.18 bits per heavy atom. The fourth-order valence-electron chi connectivity index (χ4n) is 3.03. The van der Waals surface area contributed by atoms with Gasteiger partial charge >= 0.3 is 5.97 Å². The second-order valence-corrected chi connectivity index (χ2v) is 5.98. The number of aliphatic carboxylic acids is 1. The second kappa shape index (κ2) is 7.61. The van der Waals surface area contributed by atoms with Gasteiger partial charge in [0.15, 0.2) is 0 Å². The standard InChI is InChI=1S/C17H26N2O3/c1-4-19(11-17(20)21)15-8-14(9-15)18-10-13-7-12(2)5-6-16(13)22-3/h5-7,14-15,18H,4,8-11H2,1-3H3,(H,20,21). The van der Waals surface area contributed by atoms with Crippen LogP contribution in [0, 0.1) is 6.92 Å². The van der Waals surface area contributed by atoms with Gasteiger partial charge in [-0.2, -0.15) is 0 Å². The highest BCUT2D eigenvalue weighted by Gasteiger charge is 2.33. The van der Waals surface area contributed by atoms with Crippen LogP contribution >= 0.6 is 0 Å². The summed E-state index contributed by atoms with van der Waals surface area (Å²) < 4.78 is 5.39. The zero-order valence-corrected chi connectivity index (χ0v) is 13.6. The van der Waals surface area contributed by atoms with Gasteiger partial charge in [-0.3, -0.25) is 9.69 Å². The van der Waals surface area contributed by atoms with Crippen molar-refractivity contribution in [3.8, 4) is 5.75 Å². The molecule has 0 amide bonds. The molecule has 5 nitrogen and oxygen atoms in total. The summed E-state index contributed by atoms with van der Waals surface area (Å²) in [7, 11) is 1.69. The number of hydrogen-bond acceptors (Lipinski definition) is 4. The molecule has 0 aliphatic heterocycles. The van der Waals surface area contributed by atoms with E-state index in [4.69, 9.17) is 9.84 Å². The van der Waals surface area contributed by atoms with Crippen LogP contribution in [0.3, 0.4) is 0 Å². The first-order valence-electron chi connectivity index (χ1n) is 7.86. The van der Waals surface area contributed by atoms with Crippen LogP contribution in [0.5, 0.6) is 5.75 Å². The van der Waals surface area contributed by atoms with E-state index in [0.717, 1.165) is 31.7 Å². The van der Waals surface area contributed by atoms with E-state index < -0.39 is 5.97 Å². The number of ether oxygens (including phenoxy) is 1. The molecule has 0 saturated heterocycles. The zero-order chi connectivity index (χ0) is 16.1. The van der Waals surface area contributed by atoms with E-state index in [1.807, 2.05) is 24.0 Å². The van der Waals surface area contributed by atoms with E-state index in [2.05, 4.69) is 18.3 Å². The zero-order valence-electron chi connectivity index (χ0n) is 13.6. The van der Waals surface area contributed by atoms with Gasteiger partial charge in [0.2, 0.25) is 0 Å². The highest BCUT2D eigenvalue weighted by Crippen LogP contribution is 2.27. The monoisotopic (exact) mass is 306 g/mol. The lowest BCUT2D eigenvalue weighted by molar-refractivity contribution is -0.139. The molecule has 0 unspecified atom stereocenters. The van der Waals surface area contributed by atoms with E-state index >= 15 is 0 Å². The first-order valence-corrected chi connectivity index (χ1v) is 7.86. The lowest BCUT2D eigenvalue weighted by Gasteiger charge is -2.42. The minimum absolute atomic E-state index is 0.138. The topological polar surface area (TPSA) is 61.8 Å². The quantitative estimate of drug-likeness (QED) is 0.769. The number of carbonyl (C=O) groups is 1. The van der Waals surface area contributed by atoms with Gasteiger partial charge in [0.05, 0.1) is 13.7 Å². The summed E-state index contributed by atoms with van der Waals surface area (Å²) in [5.41, 5.74) is 2.39. The van der Waals surface area contributed by atoms with Crippen LogP contribution in [-0.4, -0.2) is 48.3 Å². The lowest BCUT2D eigenvalue weighted by Crippen LogP contribution is -2.53. The summed E-state index contributed by atoms with van der Waals surface area (Å²) in [6.07, 6.45) is 2.02. The molecule has 2 N–H and O–H groups in total. The Labute approximate surface area is 132 Å². The minimum atomic E-state index is -0.747. The molecule has 1 aliphatic carbocycles. The van der Waals surface area contributed by atoms with Crippen LogP contribution in [0.15, 0.2) is 18.2 Å². The molecule has 1 fully saturated rings. The van der Waals surface area contributed by atoms with Crippen LogP contribution in [0.4, 0.5) is 0 Å². The average molecular weight is 306 g/mol. The molecule has 0 radical (unpaired) electrons. The Hall–Kier alpha value is -1.59. The van der Waals surface area contributed by atoms with Crippen LogP contribution in [0.1, 0.15) is 30.9 Å². The highest BCUT2D eigenvalue weighted by molar-refractivity contribution is 5.69. The van der Waals surface area contributed by atoms with Crippen molar-refractivity contribution in [2.45, 2.75) is 45.3 Å². The van der Waals surface area contributed by atoms with Gasteiger partial charge in [-0.15, -0.1) is 0 Å². The van der Waals surface area contributed by atoms with Gasteiger partial charge in [0.25, 0.3) is 0 Å². The first kappa shape index (κ1) is 16.8. The Morgan fingerprint density at radius 1 is 1.45 bits per heavy atom. The van der Waals surface area contributed by atoms with Crippen LogP contribution < -0.4 is 10.1 Å². The van der Waals surface area contributed by atoms with Gasteiger partial charge in [0, 0.05) is 24.2 Å². The third-order valence-electron chi connectivity index (χ3n) is 4.39. The Kier molecular flexibility index (Phi) is 5.80. The van der Waals surface area contributed by atoms with E-state index in [-0.39, 0.29) is 6.54 Å². The van der Waals surface area contributed by atoms with Crippen molar-refractivity contribution in [1.29, 1.82) is 0 Å². The third kappa shape index (κ3) is 4.21. The number of carboxylic acids is 1. The Bertz CT molecular complexity index is 513. The maximum absolute atomic E-state index is 10.8. The van der Waals surface area contributed by atoms with E-state index in [0.29, 0.717) is 12.1 Å². The van der Waals surface area contributed by atoms with Gasteiger partial charge in [-0.05, 0) is 32.4 Å². The van der Waals surface area contributed by atoms with Gasteiger partial charge in [-0.25, -0.2) is 0 Å². The lowest BCUT2D eigenvalue weighted by atomic mass is 9.85. The number of likely N-dealkylation sites (N-methyl/N-ethyl adjacent to an activating group) is 1. The molecule has 0 heterocycles. The van der Waals surface area contributed by atoms with Gasteiger partial charge < -0.3 is 15.2 Å². The average Bonchev–Trinajstić information content (AvgIpc) is 2.44. The number of carboxylic acid groups (broad SMARTS) is 1. The first-order chi connectivity index (χ1) is 10.5. The van der Waals surface area contributed by atoms with Crippen molar-refractivity contribution >= 4 is 5.97 Å². The predicted octanol–water partition coefficient (Wildman–Crippen LogP) is 2.03. The van der Waals surface area contributed by atoms with Crippen molar-refractivity contribution in [3.05, 3.63) is 29.3 Å². The number of benzene rings is 1. The summed E-state index contributed by atoms with van der Waals surface area (Å²) in [5, 5.41) is 12.5. The number of methoxy groups -OCH3 is 1. The summed E-state index contributed by atoms with van der Waals surface area (Å²) in [6, 6.07) is 7.04. The number of nitrogens with one attached hydrogen (secondary N) is 1. The fourth-order valence-corrected chi connectivity index (χ4v) is 3.03. The van der Waals surface area contributed by atoms with E-state index in [9.17, 15) is 4.79 Å². The summed E-state index contributed by atoms with van der Waals surface area (Å²) in [5.74, 6) is 0.165. The minimum Gasteiger partial charge on any atom is -0.496 e. The van der Waals surface area contributed by atoms with E-state index in [1.54, 1.807) is 7.11 Å². The van der Waals surface area contributed by atoms with E-state index in [1.165, 1.54) is 11.1 Å². The van der Waals surface area contributed by atoms with Crippen molar-refractivity contribution in [1.82, 2.24) is 10.2 Å². The molecule has 1 aromatic carbocycles. The maximum Gasteiger partial charge on any atom is 0.317 e. The van der Waals surface area contributed by atoms with Crippen LogP contribution in [-0.2, 0) is 11.3 Å². The molecule has 1 aliphatic rings.